The van der Waals surface area contributed by atoms with Crippen LogP contribution < -0.4 is 15.6 Å². The van der Waals surface area contributed by atoms with E-state index in [9.17, 15) is 18.0 Å². The number of carbonyl (C=O) groups excluding carboxylic acids is 2. The quantitative estimate of drug-likeness (QED) is 0.555. The van der Waals surface area contributed by atoms with E-state index >= 15 is 0 Å². The van der Waals surface area contributed by atoms with Crippen LogP contribution in [-0.4, -0.2) is 20.2 Å². The summed E-state index contributed by atoms with van der Waals surface area (Å²) in [5, 5.41) is 2.34. The molecule has 0 spiro atoms. The highest BCUT2D eigenvalue weighted by Gasteiger charge is 2.17. The Morgan fingerprint density at radius 3 is 2.00 bits per heavy atom. The van der Waals surface area contributed by atoms with Crippen LogP contribution >= 0.6 is 0 Å². The molecule has 7 nitrogen and oxygen atoms in total. The van der Waals surface area contributed by atoms with Crippen LogP contribution in [0.4, 0.5) is 5.69 Å². The molecule has 8 heteroatoms. The van der Waals surface area contributed by atoms with Gasteiger partial charge in [-0.1, -0.05) is 48.5 Å². The van der Waals surface area contributed by atoms with Gasteiger partial charge in [-0.05, 0) is 17.7 Å². The van der Waals surface area contributed by atoms with E-state index in [2.05, 4.69) is 5.32 Å². The fourth-order valence-corrected chi connectivity index (χ4v) is 2.67. The van der Waals surface area contributed by atoms with Crippen LogP contribution in [0.15, 0.2) is 60.7 Å². The molecule has 0 heterocycles. The Kier molecular flexibility index (Phi) is 5.45. The minimum atomic E-state index is -3.80. The van der Waals surface area contributed by atoms with Crippen molar-refractivity contribution in [2.75, 3.05) is 5.32 Å². The molecule has 2 aromatic rings. The highest BCUT2D eigenvalue weighted by Crippen LogP contribution is 2.05. The van der Waals surface area contributed by atoms with E-state index in [1.165, 1.54) is 0 Å². The molecule has 0 aliphatic carbocycles. The lowest BCUT2D eigenvalue weighted by molar-refractivity contribution is -0.136. The van der Waals surface area contributed by atoms with Crippen molar-refractivity contribution >= 4 is 27.5 Å². The summed E-state index contributed by atoms with van der Waals surface area (Å²) < 4.78 is 23.7. The molecule has 23 heavy (non-hydrogen) atoms. The van der Waals surface area contributed by atoms with Crippen molar-refractivity contribution in [3.63, 3.8) is 0 Å². The van der Waals surface area contributed by atoms with E-state index in [0.29, 0.717) is 11.3 Å². The summed E-state index contributed by atoms with van der Waals surface area (Å²) in [4.78, 5) is 25.1. The number of hydrazine groups is 1. The number of carbonyl (C=O) groups is 2. The Labute approximate surface area is 133 Å². The van der Waals surface area contributed by atoms with Gasteiger partial charge in [0, 0.05) is 5.69 Å². The second-order valence-electron chi connectivity index (χ2n) is 4.62. The lowest BCUT2D eigenvalue weighted by atomic mass is 10.2. The normalized spacial score (nSPS) is 10.8. The summed E-state index contributed by atoms with van der Waals surface area (Å²) in [6.07, 6.45) is 0. The molecule has 0 saturated heterocycles. The largest absolute Gasteiger partial charge is 0.324 e. The molecule has 0 aliphatic rings. The number of nitrogens with one attached hydrogen (secondary N) is 3. The van der Waals surface area contributed by atoms with Crippen molar-refractivity contribution in [2.24, 2.45) is 0 Å². The summed E-state index contributed by atoms with van der Waals surface area (Å²) in [5.41, 5.74) is 2.86. The van der Waals surface area contributed by atoms with Crippen LogP contribution in [0.2, 0.25) is 0 Å². The molecule has 0 radical (unpaired) electrons. The first kappa shape index (κ1) is 16.7. The molecule has 0 fully saturated rings. The standard InChI is InChI=1S/C15H15N3O4S/c19-14(16-13-9-5-2-6-10-13)15(20)17-18-23(21,22)11-12-7-3-1-4-8-12/h1-10,18H,11H2,(H,16,19)(H,17,20). The number of rotatable bonds is 5. The van der Waals surface area contributed by atoms with Crippen LogP contribution in [0.25, 0.3) is 0 Å². The van der Waals surface area contributed by atoms with Crippen molar-refractivity contribution in [3.05, 3.63) is 66.2 Å². The second kappa shape index (κ2) is 7.52. The number of hydrogen-bond acceptors (Lipinski definition) is 4. The lowest BCUT2D eigenvalue weighted by Gasteiger charge is -2.08. The van der Waals surface area contributed by atoms with Crippen molar-refractivity contribution < 1.29 is 18.0 Å². The predicted octanol–water partition coefficient (Wildman–Crippen LogP) is 0.776. The van der Waals surface area contributed by atoms with Gasteiger partial charge >= 0.3 is 11.8 Å². The van der Waals surface area contributed by atoms with Crippen LogP contribution in [0, 0.1) is 0 Å². The molecule has 0 saturated carbocycles. The molecule has 3 N–H and O–H groups in total. The number of sulfonamides is 1. The van der Waals surface area contributed by atoms with Gasteiger partial charge in [0.2, 0.25) is 10.0 Å². The number of amides is 2. The average molecular weight is 333 g/mol. The van der Waals surface area contributed by atoms with E-state index in [4.69, 9.17) is 0 Å². The topological polar surface area (TPSA) is 104 Å². The van der Waals surface area contributed by atoms with E-state index in [0.717, 1.165) is 0 Å². The van der Waals surface area contributed by atoms with Gasteiger partial charge in [0.25, 0.3) is 0 Å². The Bertz CT molecular complexity index is 777. The Morgan fingerprint density at radius 2 is 1.39 bits per heavy atom. The van der Waals surface area contributed by atoms with E-state index in [1.807, 2.05) is 10.3 Å². The van der Waals surface area contributed by atoms with E-state index in [-0.39, 0.29) is 5.75 Å². The third-order valence-electron chi connectivity index (χ3n) is 2.76. The van der Waals surface area contributed by atoms with Gasteiger partial charge in [-0.25, -0.2) is 8.42 Å². The Morgan fingerprint density at radius 1 is 0.826 bits per heavy atom. The monoisotopic (exact) mass is 333 g/mol. The molecule has 120 valence electrons. The number of hydrogen-bond donors (Lipinski definition) is 3. The van der Waals surface area contributed by atoms with Gasteiger partial charge in [0.1, 0.15) is 0 Å². The van der Waals surface area contributed by atoms with Gasteiger partial charge in [0.15, 0.2) is 0 Å². The molecule has 0 atom stereocenters. The van der Waals surface area contributed by atoms with Crippen LogP contribution in [0.1, 0.15) is 5.56 Å². The minimum Gasteiger partial charge on any atom is -0.318 e. The third-order valence-corrected chi connectivity index (χ3v) is 3.88. The zero-order chi connectivity index (χ0) is 16.7. The summed E-state index contributed by atoms with van der Waals surface area (Å²) in [6.45, 7) is 0. The van der Waals surface area contributed by atoms with Gasteiger partial charge in [0.05, 0.1) is 5.75 Å². The Balaban J connectivity index is 1.87. The summed E-state index contributed by atoms with van der Waals surface area (Å²) in [7, 11) is -3.80. The fraction of sp³-hybridized carbons (Fsp3) is 0.0667. The summed E-state index contributed by atoms with van der Waals surface area (Å²) >= 11 is 0. The van der Waals surface area contributed by atoms with Crippen molar-refractivity contribution in [1.29, 1.82) is 0 Å². The van der Waals surface area contributed by atoms with Crippen LogP contribution in [0.3, 0.4) is 0 Å². The van der Waals surface area contributed by atoms with Gasteiger partial charge < -0.3 is 5.32 Å². The zero-order valence-electron chi connectivity index (χ0n) is 12.0. The molecule has 2 aromatic carbocycles. The molecule has 0 aliphatic heterocycles. The van der Waals surface area contributed by atoms with Crippen molar-refractivity contribution in [1.82, 2.24) is 10.3 Å². The SMILES string of the molecule is O=C(NNS(=O)(=O)Cc1ccccc1)C(=O)Nc1ccccc1. The molecular formula is C15H15N3O4S. The Hall–Kier alpha value is -2.71. The number of benzene rings is 2. The first-order valence-corrected chi connectivity index (χ1v) is 8.31. The van der Waals surface area contributed by atoms with Crippen molar-refractivity contribution in [3.8, 4) is 0 Å². The maximum Gasteiger partial charge on any atom is 0.324 e. The average Bonchev–Trinajstić information content (AvgIpc) is 2.54. The predicted molar refractivity (Wildman–Crippen MR) is 85.4 cm³/mol. The molecular weight excluding hydrogens is 318 g/mol. The first-order chi connectivity index (χ1) is 11.0. The maximum atomic E-state index is 11.8. The summed E-state index contributed by atoms with van der Waals surface area (Å²) in [5.74, 6) is -2.39. The number of para-hydroxylation sites is 1. The lowest BCUT2D eigenvalue weighted by Crippen LogP contribution is -2.46. The van der Waals surface area contributed by atoms with Crippen molar-refractivity contribution in [2.45, 2.75) is 5.75 Å². The third kappa shape index (κ3) is 5.53. The molecule has 2 rings (SSSR count). The highest BCUT2D eigenvalue weighted by molar-refractivity contribution is 7.88. The van der Waals surface area contributed by atoms with Gasteiger partial charge in [-0.15, -0.1) is 4.83 Å². The van der Waals surface area contributed by atoms with Gasteiger partial charge in [-0.3, -0.25) is 15.0 Å². The van der Waals surface area contributed by atoms with Crippen LogP contribution in [-0.2, 0) is 25.4 Å². The maximum absolute atomic E-state index is 11.8. The van der Waals surface area contributed by atoms with E-state index < -0.39 is 21.8 Å². The second-order valence-corrected chi connectivity index (χ2v) is 6.34. The zero-order valence-corrected chi connectivity index (χ0v) is 12.8. The first-order valence-electron chi connectivity index (χ1n) is 6.66. The van der Waals surface area contributed by atoms with Crippen LogP contribution in [0.5, 0.6) is 0 Å². The molecule has 0 aromatic heterocycles. The van der Waals surface area contributed by atoms with E-state index in [1.54, 1.807) is 60.7 Å². The highest BCUT2D eigenvalue weighted by atomic mass is 32.2. The molecule has 0 bridgehead atoms. The summed E-state index contributed by atoms with van der Waals surface area (Å²) in [6, 6.07) is 16.8. The fourth-order valence-electron chi connectivity index (χ4n) is 1.72. The molecule has 0 unspecified atom stereocenters. The molecule has 2 amide bonds. The minimum absolute atomic E-state index is 0.311. The number of anilines is 1. The van der Waals surface area contributed by atoms with Gasteiger partial charge in [-0.2, -0.15) is 0 Å². The smallest absolute Gasteiger partial charge is 0.318 e.